The van der Waals surface area contributed by atoms with Crippen molar-refractivity contribution in [2.45, 2.75) is 42.4 Å². The molecule has 0 N–H and O–H groups in total. The highest BCUT2D eigenvalue weighted by molar-refractivity contribution is 5.95. The molecule has 0 saturated carbocycles. The number of hydrogen-bond donors (Lipinski definition) is 0. The van der Waals surface area contributed by atoms with Gasteiger partial charge in [-0.3, -0.25) is 0 Å². The molecule has 3 aliphatic rings. The maximum Gasteiger partial charge on any atom is 0.0715 e. The van der Waals surface area contributed by atoms with E-state index in [9.17, 15) is 0 Å². The zero-order valence-electron chi connectivity index (χ0n) is 58.9. The van der Waals surface area contributed by atoms with E-state index in [1.165, 1.54) is 117 Å². The third-order valence-electron chi connectivity index (χ3n) is 23.2. The summed E-state index contributed by atoms with van der Waals surface area (Å²) in [5.74, 6) is 0.436. The summed E-state index contributed by atoms with van der Waals surface area (Å²) in [5.41, 5.74) is 33.5. The first-order valence-electron chi connectivity index (χ1n) is 37.0. The summed E-state index contributed by atoms with van der Waals surface area (Å²) in [5, 5.41) is 0. The molecule has 0 spiro atoms. The lowest BCUT2D eigenvalue weighted by molar-refractivity contribution is 0.722. The molecule has 1 atom stereocenters. The van der Waals surface area contributed by atoms with Crippen LogP contribution in [0.4, 0.5) is 34.1 Å². The van der Waals surface area contributed by atoms with Gasteiger partial charge in [0, 0.05) is 34.1 Å². The van der Waals surface area contributed by atoms with E-state index >= 15 is 0 Å². The molecule has 16 aromatic rings. The second kappa shape index (κ2) is 25.9. The lowest BCUT2D eigenvalue weighted by atomic mass is 9.67. The summed E-state index contributed by atoms with van der Waals surface area (Å²) in [6.07, 6.45) is 1.08. The second-order valence-electron chi connectivity index (χ2n) is 28.5. The predicted molar refractivity (Wildman–Crippen MR) is 437 cm³/mol. The van der Waals surface area contributed by atoms with Crippen LogP contribution < -0.4 is 9.80 Å². The Hall–Kier alpha value is -12.9. The number of benzene rings is 16. The molecular formula is C103H76N2. The van der Waals surface area contributed by atoms with E-state index in [2.05, 4.69) is 430 Å². The van der Waals surface area contributed by atoms with Crippen molar-refractivity contribution in [2.24, 2.45) is 0 Å². The van der Waals surface area contributed by atoms with Crippen LogP contribution in [0.25, 0.3) is 55.6 Å². The minimum Gasteiger partial charge on any atom is -0.310 e. The Kier molecular flexibility index (Phi) is 15.5. The van der Waals surface area contributed by atoms with Gasteiger partial charge in [-0.1, -0.05) is 335 Å². The van der Waals surface area contributed by atoms with Crippen LogP contribution >= 0.6 is 0 Å². The van der Waals surface area contributed by atoms with Crippen LogP contribution in [0.15, 0.2) is 406 Å². The maximum atomic E-state index is 2.52. The molecule has 0 aliphatic heterocycles. The number of hydrogen-bond acceptors (Lipinski definition) is 2. The highest BCUT2D eigenvalue weighted by Gasteiger charge is 2.50. The topological polar surface area (TPSA) is 6.48 Å². The largest absolute Gasteiger partial charge is 0.310 e. The van der Waals surface area contributed by atoms with Gasteiger partial charge in [-0.15, -0.1) is 0 Å². The average molecular weight is 1340 g/mol. The van der Waals surface area contributed by atoms with Crippen LogP contribution in [0.3, 0.4) is 0 Å². The molecule has 0 bridgehead atoms. The fourth-order valence-electron chi connectivity index (χ4n) is 18.2. The fraction of sp³-hybridized carbons (Fsp3) is 0.0680. The number of rotatable bonds is 16. The molecule has 3 aliphatic carbocycles. The Morgan fingerprint density at radius 3 is 0.810 bits per heavy atom. The van der Waals surface area contributed by atoms with Crippen LogP contribution in [-0.4, -0.2) is 0 Å². The van der Waals surface area contributed by atoms with Gasteiger partial charge in [0.2, 0.25) is 0 Å². The van der Waals surface area contributed by atoms with Crippen molar-refractivity contribution >= 4 is 34.1 Å². The first kappa shape index (κ1) is 63.1. The third kappa shape index (κ3) is 9.99. The summed E-state index contributed by atoms with van der Waals surface area (Å²) in [6.45, 7) is 4.65. The lowest BCUT2D eigenvalue weighted by Gasteiger charge is -2.35. The van der Waals surface area contributed by atoms with Crippen molar-refractivity contribution in [3.05, 3.63) is 479 Å². The Balaban J connectivity index is 0.721. The normalized spacial score (nSPS) is 13.8. The lowest BCUT2D eigenvalue weighted by Crippen LogP contribution is -2.29. The van der Waals surface area contributed by atoms with E-state index in [-0.39, 0.29) is 0 Å². The molecule has 16 aromatic carbocycles. The SMILES string of the molecule is CCC(C)c1ccc2c(c1)C(c1ccccc1)(c1ccccc1)c1cc(-c3ccc(N(c4ccccc4)c4ccc5c(c4)C(c4ccccc4)(c4ccccc4)c4cc(N(c6ccccc6)c6ccc(-c7ccc8c(c7)C(c7ccccc7)(c7ccccc7)c7ccccc7-8)cc6)ccc4-5)cc3)ccc1-2. The zero-order chi connectivity index (χ0) is 70.1. The van der Waals surface area contributed by atoms with Gasteiger partial charge in [-0.25, -0.2) is 0 Å². The van der Waals surface area contributed by atoms with Crippen molar-refractivity contribution in [1.82, 2.24) is 0 Å². The minimum atomic E-state index is -0.725. The summed E-state index contributed by atoms with van der Waals surface area (Å²) in [7, 11) is 0. The van der Waals surface area contributed by atoms with Crippen LogP contribution in [0.1, 0.15) is 98.5 Å². The monoisotopic (exact) mass is 1340 g/mol. The van der Waals surface area contributed by atoms with E-state index in [1.54, 1.807) is 0 Å². The van der Waals surface area contributed by atoms with Gasteiger partial charge in [0.05, 0.1) is 16.2 Å². The Morgan fingerprint density at radius 2 is 0.457 bits per heavy atom. The standard InChI is InChI=1S/C103H76N2/c1-3-71(2)74-52-61-91-92-63-54-76(68-98(92)102(96(91)66-74,79-34-16-6-17-35-79)80-36-18-7-19-37-80)73-50-57-86(58-51-73)105(84-44-26-11-27-45-84)88-60-65-94-93-64-59-87(69-99(93)103(100(94)70-88,81-38-20-8-21-39-81)82-40-22-9-23-41-82)104(83-42-24-10-25-43-83)85-55-48-72(49-56-85)75-53-62-90-89-46-28-29-47-95(89)101(97(90)67-75,77-30-12-4-13-31-77)78-32-14-5-15-33-78/h4-71H,3H2,1-2H3. The van der Waals surface area contributed by atoms with Crippen LogP contribution in [0, 0.1) is 0 Å². The van der Waals surface area contributed by atoms with Crippen molar-refractivity contribution < 1.29 is 0 Å². The third-order valence-corrected chi connectivity index (χ3v) is 23.2. The van der Waals surface area contributed by atoms with Crippen LogP contribution in [0.5, 0.6) is 0 Å². The van der Waals surface area contributed by atoms with Crippen LogP contribution in [-0.2, 0) is 16.2 Å². The quantitative estimate of drug-likeness (QED) is 0.0951. The Bertz CT molecular complexity index is 5740. The molecule has 0 amide bonds. The molecule has 105 heavy (non-hydrogen) atoms. The number of nitrogens with zero attached hydrogens (tertiary/aromatic N) is 2. The predicted octanol–water partition coefficient (Wildman–Crippen LogP) is 26.6. The molecule has 1 unspecified atom stereocenters. The van der Waals surface area contributed by atoms with E-state index in [0.717, 1.165) is 51.7 Å². The highest BCUT2D eigenvalue weighted by Crippen LogP contribution is 2.62. The van der Waals surface area contributed by atoms with E-state index in [0.29, 0.717) is 5.92 Å². The molecule has 0 aromatic heterocycles. The van der Waals surface area contributed by atoms with Gasteiger partial charge in [0.15, 0.2) is 0 Å². The van der Waals surface area contributed by atoms with E-state index in [4.69, 9.17) is 0 Å². The molecule has 0 saturated heterocycles. The first-order valence-corrected chi connectivity index (χ1v) is 37.0. The Labute approximate surface area is 616 Å². The second-order valence-corrected chi connectivity index (χ2v) is 28.5. The van der Waals surface area contributed by atoms with Gasteiger partial charge in [-0.2, -0.15) is 0 Å². The smallest absolute Gasteiger partial charge is 0.0715 e. The first-order chi connectivity index (χ1) is 51.9. The van der Waals surface area contributed by atoms with Crippen molar-refractivity contribution in [1.29, 1.82) is 0 Å². The number of fused-ring (bicyclic) bond motifs is 9. The molecule has 2 nitrogen and oxygen atoms in total. The van der Waals surface area contributed by atoms with Gasteiger partial charge >= 0.3 is 0 Å². The van der Waals surface area contributed by atoms with Gasteiger partial charge in [-0.05, 0) is 225 Å². The molecule has 0 heterocycles. The van der Waals surface area contributed by atoms with Crippen molar-refractivity contribution in [3.63, 3.8) is 0 Å². The molecule has 19 rings (SSSR count). The van der Waals surface area contributed by atoms with Crippen molar-refractivity contribution in [3.8, 4) is 55.6 Å². The summed E-state index contributed by atoms with van der Waals surface area (Å²) in [6, 6.07) is 152. The summed E-state index contributed by atoms with van der Waals surface area (Å²) in [4.78, 5) is 4.87. The maximum absolute atomic E-state index is 2.52. The highest BCUT2D eigenvalue weighted by atomic mass is 15.1. The van der Waals surface area contributed by atoms with Crippen molar-refractivity contribution in [2.75, 3.05) is 9.80 Å². The molecule has 0 fully saturated rings. The summed E-state index contributed by atoms with van der Waals surface area (Å²) < 4.78 is 0. The number of para-hydroxylation sites is 2. The van der Waals surface area contributed by atoms with E-state index in [1.807, 2.05) is 0 Å². The van der Waals surface area contributed by atoms with E-state index < -0.39 is 16.2 Å². The number of anilines is 6. The summed E-state index contributed by atoms with van der Waals surface area (Å²) >= 11 is 0. The minimum absolute atomic E-state index is 0.436. The zero-order valence-corrected chi connectivity index (χ0v) is 58.9. The van der Waals surface area contributed by atoms with Gasteiger partial charge < -0.3 is 9.80 Å². The molecule has 2 heteroatoms. The van der Waals surface area contributed by atoms with Crippen LogP contribution in [0.2, 0.25) is 0 Å². The fourth-order valence-corrected chi connectivity index (χ4v) is 18.2. The molecule has 498 valence electrons. The van der Waals surface area contributed by atoms with Gasteiger partial charge in [0.1, 0.15) is 0 Å². The average Bonchev–Trinajstić information content (AvgIpc) is 1.56. The Morgan fingerprint density at radius 1 is 0.210 bits per heavy atom. The van der Waals surface area contributed by atoms with Gasteiger partial charge in [0.25, 0.3) is 0 Å². The molecular weight excluding hydrogens is 1270 g/mol. The molecule has 0 radical (unpaired) electrons.